The summed E-state index contributed by atoms with van der Waals surface area (Å²) < 4.78 is 43.1. The van der Waals surface area contributed by atoms with Gasteiger partial charge < -0.3 is 14.7 Å². The Morgan fingerprint density at radius 1 is 1.57 bits per heavy atom. The fourth-order valence-electron chi connectivity index (χ4n) is 2.48. The number of carboxylic acid groups (broad SMARTS) is 1. The lowest BCUT2D eigenvalue weighted by Gasteiger charge is -2.34. The molecule has 0 aliphatic carbocycles. The summed E-state index contributed by atoms with van der Waals surface area (Å²) in [6.45, 7) is 0.110. The van der Waals surface area contributed by atoms with E-state index in [1.54, 1.807) is 0 Å². The van der Waals surface area contributed by atoms with Gasteiger partial charge in [0.1, 0.15) is 5.69 Å². The molecule has 116 valence electrons. The van der Waals surface area contributed by atoms with Crippen LogP contribution >= 0.6 is 0 Å². The highest BCUT2D eigenvalue weighted by Crippen LogP contribution is 2.35. The standard InChI is InChI=1S/C12H14F3N3O3/c1-21-7-11(9(19)20)4-2-6-18(11)10-16-5-3-8(17-10)12(13,14)15/h3,5H,2,4,6-7H2,1H3,(H,19,20). The van der Waals surface area contributed by atoms with Crippen LogP contribution in [0.4, 0.5) is 19.1 Å². The molecule has 1 aliphatic rings. The number of anilines is 1. The summed E-state index contributed by atoms with van der Waals surface area (Å²) in [7, 11) is 1.34. The number of aliphatic carboxylic acids is 1. The predicted molar refractivity (Wildman–Crippen MR) is 65.9 cm³/mol. The van der Waals surface area contributed by atoms with E-state index in [1.807, 2.05) is 0 Å². The molecule has 1 aromatic heterocycles. The highest BCUT2D eigenvalue weighted by Gasteiger charge is 2.49. The van der Waals surface area contributed by atoms with Crippen molar-refractivity contribution in [3.63, 3.8) is 0 Å². The fourth-order valence-corrected chi connectivity index (χ4v) is 2.48. The molecule has 1 aliphatic heterocycles. The fraction of sp³-hybridized carbons (Fsp3) is 0.583. The van der Waals surface area contributed by atoms with Crippen LogP contribution in [0.2, 0.25) is 0 Å². The number of ether oxygens (including phenoxy) is 1. The maximum absolute atomic E-state index is 12.7. The first-order valence-corrected chi connectivity index (χ1v) is 6.21. The Bertz CT molecular complexity index is 538. The molecular formula is C12H14F3N3O3. The van der Waals surface area contributed by atoms with Crippen LogP contribution in [-0.4, -0.2) is 46.8 Å². The number of carbonyl (C=O) groups is 1. The van der Waals surface area contributed by atoms with E-state index in [2.05, 4.69) is 9.97 Å². The Kier molecular flexibility index (Phi) is 4.04. The second-order valence-corrected chi connectivity index (χ2v) is 4.76. The molecule has 0 amide bonds. The van der Waals surface area contributed by atoms with Crippen molar-refractivity contribution in [2.75, 3.05) is 25.2 Å². The maximum Gasteiger partial charge on any atom is 0.433 e. The van der Waals surface area contributed by atoms with Gasteiger partial charge in [0.25, 0.3) is 0 Å². The average Bonchev–Trinajstić information content (AvgIpc) is 2.83. The second-order valence-electron chi connectivity index (χ2n) is 4.76. The SMILES string of the molecule is COCC1(C(=O)O)CCCN1c1nccc(C(F)(F)F)n1. The van der Waals surface area contributed by atoms with E-state index in [9.17, 15) is 23.1 Å². The van der Waals surface area contributed by atoms with Crippen molar-refractivity contribution < 1.29 is 27.8 Å². The molecule has 1 saturated heterocycles. The Balaban J connectivity index is 2.42. The van der Waals surface area contributed by atoms with Crippen LogP contribution in [0, 0.1) is 0 Å². The van der Waals surface area contributed by atoms with E-state index in [4.69, 9.17) is 4.74 Å². The van der Waals surface area contributed by atoms with Crippen molar-refractivity contribution in [1.29, 1.82) is 0 Å². The lowest BCUT2D eigenvalue weighted by molar-refractivity contribution is -0.145. The zero-order valence-electron chi connectivity index (χ0n) is 11.2. The largest absolute Gasteiger partial charge is 0.479 e. The lowest BCUT2D eigenvalue weighted by atomic mass is 9.98. The number of aromatic nitrogens is 2. The molecule has 1 atom stereocenters. The van der Waals surface area contributed by atoms with Crippen LogP contribution < -0.4 is 4.90 Å². The third kappa shape index (κ3) is 2.78. The van der Waals surface area contributed by atoms with Gasteiger partial charge in [0.15, 0.2) is 5.54 Å². The molecule has 1 fully saturated rings. The topological polar surface area (TPSA) is 75.6 Å². The number of alkyl halides is 3. The van der Waals surface area contributed by atoms with E-state index in [1.165, 1.54) is 12.0 Å². The van der Waals surface area contributed by atoms with Crippen LogP contribution in [0.25, 0.3) is 0 Å². The van der Waals surface area contributed by atoms with Gasteiger partial charge in [-0.25, -0.2) is 14.8 Å². The van der Waals surface area contributed by atoms with Crippen LogP contribution in [0.1, 0.15) is 18.5 Å². The van der Waals surface area contributed by atoms with E-state index < -0.39 is 23.4 Å². The molecule has 0 spiro atoms. The van der Waals surface area contributed by atoms with Gasteiger partial charge in [0.05, 0.1) is 6.61 Å². The summed E-state index contributed by atoms with van der Waals surface area (Å²) in [6, 6.07) is 0.748. The van der Waals surface area contributed by atoms with Crippen LogP contribution in [0.5, 0.6) is 0 Å². The van der Waals surface area contributed by atoms with Gasteiger partial charge >= 0.3 is 12.1 Å². The van der Waals surface area contributed by atoms with Crippen molar-refractivity contribution in [3.8, 4) is 0 Å². The van der Waals surface area contributed by atoms with Gasteiger partial charge in [0.2, 0.25) is 5.95 Å². The third-order valence-corrected chi connectivity index (χ3v) is 3.44. The van der Waals surface area contributed by atoms with Crippen molar-refractivity contribution in [2.45, 2.75) is 24.6 Å². The first kappa shape index (κ1) is 15.5. The van der Waals surface area contributed by atoms with Gasteiger partial charge in [-0.2, -0.15) is 13.2 Å². The van der Waals surface area contributed by atoms with E-state index >= 15 is 0 Å². The Labute approximate surface area is 118 Å². The van der Waals surface area contributed by atoms with Gasteiger partial charge in [-0.3, -0.25) is 0 Å². The van der Waals surface area contributed by atoms with Crippen molar-refractivity contribution in [1.82, 2.24) is 9.97 Å². The Morgan fingerprint density at radius 3 is 2.86 bits per heavy atom. The molecule has 2 rings (SSSR count). The van der Waals surface area contributed by atoms with Crippen LogP contribution in [0.3, 0.4) is 0 Å². The van der Waals surface area contributed by atoms with E-state index in [-0.39, 0.29) is 25.5 Å². The lowest BCUT2D eigenvalue weighted by Crippen LogP contribution is -2.54. The Morgan fingerprint density at radius 2 is 2.29 bits per heavy atom. The summed E-state index contributed by atoms with van der Waals surface area (Å²) >= 11 is 0. The highest BCUT2D eigenvalue weighted by molar-refractivity contribution is 5.84. The summed E-state index contributed by atoms with van der Waals surface area (Å²) in [6.07, 6.45) is -2.86. The zero-order valence-corrected chi connectivity index (χ0v) is 11.2. The summed E-state index contributed by atoms with van der Waals surface area (Å²) in [5.41, 5.74) is -2.53. The highest BCUT2D eigenvalue weighted by atomic mass is 19.4. The quantitative estimate of drug-likeness (QED) is 0.910. The second kappa shape index (κ2) is 5.47. The number of halogens is 3. The molecular weight excluding hydrogens is 291 g/mol. The molecule has 1 unspecified atom stereocenters. The molecule has 1 aromatic rings. The minimum absolute atomic E-state index is 0.151. The van der Waals surface area contributed by atoms with Gasteiger partial charge in [-0.1, -0.05) is 0 Å². The van der Waals surface area contributed by atoms with Gasteiger partial charge in [0, 0.05) is 19.9 Å². The summed E-state index contributed by atoms with van der Waals surface area (Å²) in [5.74, 6) is -1.41. The molecule has 2 heterocycles. The molecule has 0 aromatic carbocycles. The smallest absolute Gasteiger partial charge is 0.433 e. The molecule has 21 heavy (non-hydrogen) atoms. The number of nitrogens with zero attached hydrogens (tertiary/aromatic N) is 3. The monoisotopic (exact) mass is 305 g/mol. The Hall–Kier alpha value is -1.90. The van der Waals surface area contributed by atoms with Crippen molar-refractivity contribution in [3.05, 3.63) is 18.0 Å². The van der Waals surface area contributed by atoms with E-state index in [0.717, 1.165) is 12.3 Å². The van der Waals surface area contributed by atoms with Crippen LogP contribution in [-0.2, 0) is 15.7 Å². The third-order valence-electron chi connectivity index (χ3n) is 3.44. The number of hydrogen-bond donors (Lipinski definition) is 1. The predicted octanol–water partition coefficient (Wildman–Crippen LogP) is 1.57. The normalized spacial score (nSPS) is 22.6. The number of carboxylic acids is 1. The molecule has 0 saturated carbocycles. The molecule has 1 N–H and O–H groups in total. The van der Waals surface area contributed by atoms with Gasteiger partial charge in [-0.15, -0.1) is 0 Å². The van der Waals surface area contributed by atoms with Gasteiger partial charge in [-0.05, 0) is 18.9 Å². The first-order valence-electron chi connectivity index (χ1n) is 6.21. The van der Waals surface area contributed by atoms with Crippen LogP contribution in [0.15, 0.2) is 12.3 Å². The molecule has 6 nitrogen and oxygen atoms in total. The molecule has 0 bridgehead atoms. The van der Waals surface area contributed by atoms with E-state index in [0.29, 0.717) is 6.42 Å². The maximum atomic E-state index is 12.7. The zero-order chi connectivity index (χ0) is 15.7. The molecule has 9 heteroatoms. The number of rotatable bonds is 4. The molecule has 0 radical (unpaired) electrons. The minimum Gasteiger partial charge on any atom is -0.479 e. The summed E-state index contributed by atoms with van der Waals surface area (Å²) in [4.78, 5) is 20.1. The number of methoxy groups -OCH3 is 1. The van der Waals surface area contributed by atoms with Crippen molar-refractivity contribution in [2.24, 2.45) is 0 Å². The minimum atomic E-state index is -4.61. The number of hydrogen-bond acceptors (Lipinski definition) is 5. The first-order chi connectivity index (χ1) is 9.81. The summed E-state index contributed by atoms with van der Waals surface area (Å²) in [5, 5.41) is 9.46. The van der Waals surface area contributed by atoms with Crippen molar-refractivity contribution >= 4 is 11.9 Å². The average molecular weight is 305 g/mol.